The number of halogens is 6. The maximum atomic E-state index is 13.5. The molecule has 4 aliphatic carbocycles. The first-order valence-corrected chi connectivity index (χ1v) is 24.2. The second-order valence-corrected chi connectivity index (χ2v) is 19.6. The molecule has 11 nitrogen and oxygen atoms in total. The molecule has 0 radical (unpaired) electrons. The summed E-state index contributed by atoms with van der Waals surface area (Å²) in [5.41, 5.74) is 9.21. The highest BCUT2D eigenvalue weighted by molar-refractivity contribution is 7.97. The quantitative estimate of drug-likeness (QED) is 0.116. The first-order valence-electron chi connectivity index (χ1n) is 22.3. The van der Waals surface area contributed by atoms with Crippen molar-refractivity contribution < 1.29 is 30.6 Å². The number of rotatable bonds is 10. The molecule has 2 atom stereocenters. The molecule has 4 aromatic rings. The highest BCUT2D eigenvalue weighted by Gasteiger charge is 2.45. The molecule has 0 amide bonds. The van der Waals surface area contributed by atoms with Gasteiger partial charge in [0.25, 0.3) is 0 Å². The van der Waals surface area contributed by atoms with Crippen LogP contribution >= 0.6 is 11.9 Å². The normalized spacial score (nSPS) is 20.4. The molecule has 0 saturated heterocycles. The van der Waals surface area contributed by atoms with E-state index in [0.29, 0.717) is 67.0 Å². The first-order chi connectivity index (χ1) is 30.7. The Bertz CT molecular complexity index is 2160. The van der Waals surface area contributed by atoms with Crippen LogP contribution in [-0.2, 0) is 37.2 Å². The topological polar surface area (TPSA) is 134 Å². The minimum absolute atomic E-state index is 0.0222. The Kier molecular flexibility index (Phi) is 15.6. The molecule has 64 heavy (non-hydrogen) atoms. The van der Waals surface area contributed by atoms with Gasteiger partial charge in [-0.25, -0.2) is 32.8 Å². The van der Waals surface area contributed by atoms with Crippen molar-refractivity contribution in [3.05, 3.63) is 95.1 Å². The number of nitrogen functional groups attached to an aromatic ring is 2. The van der Waals surface area contributed by atoms with Crippen molar-refractivity contribution in [3.63, 3.8) is 0 Å². The summed E-state index contributed by atoms with van der Waals surface area (Å²) in [5.74, 6) is 2.48. The van der Waals surface area contributed by atoms with Crippen molar-refractivity contribution in [3.8, 4) is 0 Å². The molecule has 2 aliphatic heterocycles. The van der Waals surface area contributed by atoms with Crippen molar-refractivity contribution in [1.29, 1.82) is 0 Å². The predicted molar refractivity (Wildman–Crippen MR) is 242 cm³/mol. The van der Waals surface area contributed by atoms with Gasteiger partial charge in [0.15, 0.2) is 0 Å². The molecule has 4 heterocycles. The first kappa shape index (κ1) is 47.8. The van der Waals surface area contributed by atoms with E-state index in [9.17, 15) is 30.6 Å². The number of hydrogen-bond donors (Lipinski definition) is 2. The lowest BCUT2D eigenvalue weighted by atomic mass is 10.00. The largest absolute Gasteiger partial charge is 0.485 e. The van der Waals surface area contributed by atoms with Gasteiger partial charge in [-0.2, -0.15) is 26.3 Å². The number of hydrogen-bond acceptors (Lipinski definition) is 11. The summed E-state index contributed by atoms with van der Waals surface area (Å²) in [5, 5.41) is 0. The van der Waals surface area contributed by atoms with Gasteiger partial charge >= 0.3 is 11.0 Å². The van der Waals surface area contributed by atoms with Crippen LogP contribution in [-0.4, -0.2) is 69.4 Å². The summed E-state index contributed by atoms with van der Waals surface area (Å²) in [6.07, 6.45) is 17.9. The predicted octanol–water partition coefficient (Wildman–Crippen LogP) is 10.2. The Labute approximate surface area is 378 Å². The summed E-state index contributed by atoms with van der Waals surface area (Å²) < 4.78 is 94.5. The minimum Gasteiger partial charge on any atom is -0.396 e. The van der Waals surface area contributed by atoms with E-state index in [2.05, 4.69) is 35.8 Å². The zero-order valence-electron chi connectivity index (χ0n) is 36.3. The van der Waals surface area contributed by atoms with Crippen LogP contribution in [0.15, 0.2) is 61.2 Å². The van der Waals surface area contributed by atoms with Gasteiger partial charge in [-0.15, -0.1) is 0 Å². The van der Waals surface area contributed by atoms with Gasteiger partial charge in [-0.3, -0.25) is 0 Å². The summed E-state index contributed by atoms with van der Waals surface area (Å²) in [6, 6.07) is 11.8. The van der Waals surface area contributed by atoms with E-state index in [1.807, 2.05) is 44.2 Å². The second-order valence-electron chi connectivity index (χ2n) is 17.0. The van der Waals surface area contributed by atoms with E-state index in [0.717, 1.165) is 77.3 Å². The SMILES string of the molecule is C1CC1.CC.Nc1cnc(CN2CCN(SC(F)(F)F)Cc3c(C4CC4)cccc32)nc1.Nc1cnc(CN2c3cccc(C4CC4)c3CN(S(=O)C(F)(F)F)CC2CC2CC2)nc1. The van der Waals surface area contributed by atoms with Gasteiger partial charge in [-0.05, 0) is 84.2 Å². The van der Waals surface area contributed by atoms with Crippen molar-refractivity contribution in [2.45, 2.75) is 133 Å². The van der Waals surface area contributed by atoms with Crippen LogP contribution in [0.25, 0.3) is 0 Å². The Hall–Kier alpha value is -4.20. The standard InChI is InChI=1S/C22H26F3N5OS.C18H20F3N5S.C3H6.C2H6/c23-22(24,25)32(31)29-11-17(8-14-4-5-14)30(13-21-27-9-16(26)10-28-21)20-3-1-2-18(15-6-7-15)19(20)12-29;19-18(20,21)27-26-7-6-25(11-17-23-8-13(22)9-24-17)16-3-1-2-14(12-4-5-12)15(16)10-26;1-2-3-1;1-2/h1-3,9-10,14-15,17H,4-8,11-13,26H2;1-3,8-9,12H,4-7,10-11,22H2;1-3H2;1-2H3. The molecular weight excluding hydrogens is 875 g/mol. The zero-order chi connectivity index (χ0) is 45.6. The lowest BCUT2D eigenvalue weighted by Gasteiger charge is -2.34. The third-order valence-electron chi connectivity index (χ3n) is 11.6. The molecule has 6 aliphatic rings. The van der Waals surface area contributed by atoms with E-state index >= 15 is 0 Å². The maximum absolute atomic E-state index is 13.5. The third-order valence-corrected chi connectivity index (χ3v) is 13.5. The molecule has 4 fully saturated rings. The summed E-state index contributed by atoms with van der Waals surface area (Å²) in [6.45, 7) is 5.96. The van der Waals surface area contributed by atoms with E-state index < -0.39 is 22.0 Å². The number of anilines is 4. The number of alkyl halides is 6. The lowest BCUT2D eigenvalue weighted by Crippen LogP contribution is -2.44. The number of fused-ring (bicyclic) bond motifs is 2. The van der Waals surface area contributed by atoms with Gasteiger partial charge in [-0.1, -0.05) is 70.2 Å². The van der Waals surface area contributed by atoms with Gasteiger partial charge in [0.2, 0.25) is 11.0 Å². The monoisotopic (exact) mass is 932 g/mol. The maximum Gasteiger partial charge on any atom is 0.485 e. The van der Waals surface area contributed by atoms with Crippen LogP contribution < -0.4 is 21.3 Å². The van der Waals surface area contributed by atoms with Crippen LogP contribution in [0, 0.1) is 5.92 Å². The number of benzene rings is 2. The van der Waals surface area contributed by atoms with Gasteiger partial charge in [0, 0.05) is 62.1 Å². The van der Waals surface area contributed by atoms with Crippen LogP contribution in [0.3, 0.4) is 0 Å². The minimum atomic E-state index is -4.78. The smallest absolute Gasteiger partial charge is 0.396 e. The number of nitrogens with zero attached hydrogens (tertiary/aromatic N) is 8. The summed E-state index contributed by atoms with van der Waals surface area (Å²) >= 11 is -0.0354. The Morgan fingerprint density at radius 1 is 0.703 bits per heavy atom. The van der Waals surface area contributed by atoms with E-state index in [1.165, 1.54) is 29.1 Å². The van der Waals surface area contributed by atoms with Gasteiger partial charge < -0.3 is 21.3 Å². The number of nitrogens with two attached hydrogens (primary N) is 2. The average molecular weight is 933 g/mol. The summed E-state index contributed by atoms with van der Waals surface area (Å²) in [4.78, 5) is 21.4. The van der Waals surface area contributed by atoms with Crippen molar-refractivity contribution in [1.82, 2.24) is 28.5 Å². The fourth-order valence-electron chi connectivity index (χ4n) is 8.06. The molecule has 4 N–H and O–H groups in total. The number of aromatic nitrogens is 4. The fraction of sp³-hybridized carbons (Fsp3) is 0.556. The molecule has 0 spiro atoms. The molecular formula is C45H58F6N10OS2. The highest BCUT2D eigenvalue weighted by atomic mass is 32.2. The van der Waals surface area contributed by atoms with E-state index in [4.69, 9.17) is 11.5 Å². The Morgan fingerprint density at radius 2 is 1.22 bits per heavy atom. The van der Waals surface area contributed by atoms with Gasteiger partial charge in [0.05, 0.1) is 49.3 Å². The molecule has 0 bridgehead atoms. The van der Waals surface area contributed by atoms with Crippen LogP contribution in [0.4, 0.5) is 49.1 Å². The Balaban J connectivity index is 0.000000175. The second kappa shape index (κ2) is 21.0. The van der Waals surface area contributed by atoms with Crippen molar-refractivity contribution >= 4 is 45.7 Å². The molecule has 2 aromatic carbocycles. The van der Waals surface area contributed by atoms with Crippen LogP contribution in [0.2, 0.25) is 0 Å². The average Bonchev–Trinajstić information content (AvgIpc) is 4.05. The highest BCUT2D eigenvalue weighted by Crippen LogP contribution is 2.48. The lowest BCUT2D eigenvalue weighted by molar-refractivity contribution is -0.0432. The Morgan fingerprint density at radius 3 is 1.70 bits per heavy atom. The molecule has 10 rings (SSSR count). The van der Waals surface area contributed by atoms with Crippen LogP contribution in [0.1, 0.15) is 124 Å². The van der Waals surface area contributed by atoms with E-state index in [1.54, 1.807) is 24.8 Å². The fourth-order valence-corrected chi connectivity index (χ4v) is 9.56. The van der Waals surface area contributed by atoms with Crippen molar-refractivity contribution in [2.24, 2.45) is 5.92 Å². The van der Waals surface area contributed by atoms with Crippen LogP contribution in [0.5, 0.6) is 0 Å². The molecule has 348 valence electrons. The van der Waals surface area contributed by atoms with Gasteiger partial charge in [0.1, 0.15) is 11.6 Å². The molecule has 19 heteroatoms. The molecule has 2 unspecified atom stereocenters. The van der Waals surface area contributed by atoms with E-state index in [-0.39, 0.29) is 37.6 Å². The molecule has 4 saturated carbocycles. The zero-order valence-corrected chi connectivity index (χ0v) is 38.0. The third kappa shape index (κ3) is 13.4. The molecule has 2 aromatic heterocycles. The van der Waals surface area contributed by atoms with Crippen molar-refractivity contribution in [2.75, 3.05) is 40.9 Å². The summed E-state index contributed by atoms with van der Waals surface area (Å²) in [7, 11) is -3.06.